The molecule has 0 fully saturated rings. The molecule has 0 saturated heterocycles. The highest BCUT2D eigenvalue weighted by atomic mass is 35.5. The maximum atomic E-state index is 13.2. The maximum absolute atomic E-state index is 13.2. The monoisotopic (exact) mass is 435 g/mol. The molecule has 31 heavy (non-hydrogen) atoms. The van der Waals surface area contributed by atoms with E-state index in [2.05, 4.69) is 15.3 Å². The maximum Gasteiger partial charge on any atom is 0.248 e. The Labute approximate surface area is 183 Å². The van der Waals surface area contributed by atoms with Crippen molar-refractivity contribution in [2.75, 3.05) is 5.32 Å². The summed E-state index contributed by atoms with van der Waals surface area (Å²) < 4.78 is 6.26. The lowest BCUT2D eigenvalue weighted by Gasteiger charge is -2.19. The summed E-state index contributed by atoms with van der Waals surface area (Å²) in [6.07, 6.45) is 0. The Kier molecular flexibility index (Phi) is 5.41. The van der Waals surface area contributed by atoms with E-state index in [9.17, 15) is 9.59 Å². The summed E-state index contributed by atoms with van der Waals surface area (Å²) in [6.45, 7) is 7.52. The molecule has 7 heteroatoms. The van der Waals surface area contributed by atoms with Crippen LogP contribution in [0.25, 0.3) is 22.4 Å². The van der Waals surface area contributed by atoms with E-state index in [4.69, 9.17) is 16.0 Å². The number of nitrogens with one attached hydrogen (secondary N) is 2. The van der Waals surface area contributed by atoms with Crippen LogP contribution in [0.15, 0.2) is 56.5 Å². The fraction of sp³-hybridized carbons (Fsp3) is 0.208. The fourth-order valence-corrected chi connectivity index (χ4v) is 3.91. The number of aromatic amines is 1. The summed E-state index contributed by atoms with van der Waals surface area (Å²) in [7, 11) is 0. The van der Waals surface area contributed by atoms with E-state index < -0.39 is 0 Å². The van der Waals surface area contributed by atoms with Crippen molar-refractivity contribution in [3.63, 3.8) is 0 Å². The average Bonchev–Trinajstić information content (AvgIpc) is 2.72. The first-order valence-corrected chi connectivity index (χ1v) is 10.3. The summed E-state index contributed by atoms with van der Waals surface area (Å²) in [4.78, 5) is 32.0. The van der Waals surface area contributed by atoms with E-state index in [0.717, 1.165) is 22.5 Å². The van der Waals surface area contributed by atoms with Crippen LogP contribution in [0.5, 0.6) is 0 Å². The molecule has 0 amide bonds. The molecule has 1 aromatic carbocycles. The molecule has 0 spiro atoms. The van der Waals surface area contributed by atoms with Gasteiger partial charge in [-0.1, -0.05) is 23.7 Å². The minimum absolute atomic E-state index is 0.123. The van der Waals surface area contributed by atoms with Gasteiger partial charge in [0.25, 0.3) is 0 Å². The van der Waals surface area contributed by atoms with Crippen molar-refractivity contribution in [3.05, 3.63) is 90.6 Å². The van der Waals surface area contributed by atoms with Crippen molar-refractivity contribution in [3.8, 4) is 11.5 Å². The van der Waals surface area contributed by atoms with Gasteiger partial charge in [0.15, 0.2) is 11.2 Å². The zero-order valence-corrected chi connectivity index (χ0v) is 18.4. The molecule has 2 N–H and O–H groups in total. The van der Waals surface area contributed by atoms with Crippen molar-refractivity contribution in [1.29, 1.82) is 0 Å². The van der Waals surface area contributed by atoms with E-state index in [1.54, 1.807) is 25.1 Å². The number of hydrogen-bond donors (Lipinski definition) is 2. The van der Waals surface area contributed by atoms with Crippen LogP contribution in [0.1, 0.15) is 35.3 Å². The quantitative estimate of drug-likeness (QED) is 0.425. The normalized spacial score (nSPS) is 12.2. The number of aromatic nitrogens is 2. The van der Waals surface area contributed by atoms with Crippen LogP contribution in [0.4, 0.5) is 5.69 Å². The van der Waals surface area contributed by atoms with Crippen molar-refractivity contribution in [2.45, 2.75) is 33.7 Å². The smallest absolute Gasteiger partial charge is 0.248 e. The summed E-state index contributed by atoms with van der Waals surface area (Å²) in [5.41, 5.74) is 4.42. The topological polar surface area (TPSA) is 88.0 Å². The Morgan fingerprint density at radius 1 is 1.10 bits per heavy atom. The van der Waals surface area contributed by atoms with Crippen molar-refractivity contribution >= 4 is 28.3 Å². The van der Waals surface area contributed by atoms with Gasteiger partial charge >= 0.3 is 0 Å². The van der Waals surface area contributed by atoms with Crippen LogP contribution in [-0.4, -0.2) is 9.97 Å². The summed E-state index contributed by atoms with van der Waals surface area (Å²) in [6, 6.07) is 12.0. The zero-order valence-electron chi connectivity index (χ0n) is 17.7. The number of rotatable bonds is 4. The molecule has 4 rings (SSSR count). The van der Waals surface area contributed by atoms with Gasteiger partial charge in [0.05, 0.1) is 28.5 Å². The first-order valence-electron chi connectivity index (χ1n) is 9.92. The number of benzene rings is 1. The molecule has 0 saturated carbocycles. The third kappa shape index (κ3) is 3.99. The van der Waals surface area contributed by atoms with E-state index in [0.29, 0.717) is 33.1 Å². The minimum Gasteiger partial charge on any atom is -0.454 e. The second-order valence-corrected chi connectivity index (χ2v) is 8.07. The Morgan fingerprint density at radius 2 is 1.87 bits per heavy atom. The number of anilines is 1. The largest absolute Gasteiger partial charge is 0.454 e. The van der Waals surface area contributed by atoms with Gasteiger partial charge in [0.1, 0.15) is 10.7 Å². The average molecular weight is 436 g/mol. The molecule has 0 aliphatic rings. The van der Waals surface area contributed by atoms with Crippen LogP contribution < -0.4 is 16.3 Å². The number of aryl methyl sites for hydroxylation is 2. The van der Waals surface area contributed by atoms with Crippen molar-refractivity contribution < 1.29 is 4.42 Å². The molecule has 0 aliphatic carbocycles. The van der Waals surface area contributed by atoms with Gasteiger partial charge in [-0.2, -0.15) is 0 Å². The number of fused-ring (bicyclic) bond motifs is 1. The lowest BCUT2D eigenvalue weighted by atomic mass is 9.99. The third-order valence-electron chi connectivity index (χ3n) is 5.30. The molecule has 158 valence electrons. The lowest BCUT2D eigenvalue weighted by molar-refractivity contribution is 0.602. The number of nitrogens with zero attached hydrogens (tertiary/aromatic N) is 1. The SMILES string of the molecule is Cc1cc([C@@H](C)Nc2ccc(Cl)nc2C)c2oc(-c3cccc(=O)[nH]3)c(C)c(=O)c2c1. The standard InChI is InChI=1S/C24H22ClN3O3/c1-12-10-16(14(3)26-18-8-9-20(25)27-15(18)4)24-17(11-12)22(30)13(2)23(31-24)19-6-5-7-21(29)28-19/h5-11,14,26H,1-4H3,(H,28,29)/t14-/m1/s1. The second-order valence-electron chi connectivity index (χ2n) is 7.68. The van der Waals surface area contributed by atoms with Gasteiger partial charge in [0, 0.05) is 17.2 Å². The van der Waals surface area contributed by atoms with E-state index in [1.165, 1.54) is 6.07 Å². The minimum atomic E-state index is -0.260. The van der Waals surface area contributed by atoms with E-state index >= 15 is 0 Å². The molecule has 0 aliphatic heterocycles. The highest BCUT2D eigenvalue weighted by Gasteiger charge is 2.19. The van der Waals surface area contributed by atoms with Crippen LogP contribution in [0, 0.1) is 20.8 Å². The first-order chi connectivity index (χ1) is 14.7. The van der Waals surface area contributed by atoms with Crippen LogP contribution in [-0.2, 0) is 0 Å². The number of H-pyrrole nitrogens is 1. The third-order valence-corrected chi connectivity index (χ3v) is 5.51. The number of hydrogen-bond acceptors (Lipinski definition) is 5. The zero-order chi connectivity index (χ0) is 22.3. The molecular formula is C24H22ClN3O3. The van der Waals surface area contributed by atoms with Crippen molar-refractivity contribution in [2.24, 2.45) is 0 Å². The predicted octanol–water partition coefficient (Wildman–Crippen LogP) is 5.30. The number of pyridine rings is 2. The van der Waals surface area contributed by atoms with Crippen molar-refractivity contribution in [1.82, 2.24) is 9.97 Å². The predicted molar refractivity (Wildman–Crippen MR) is 124 cm³/mol. The van der Waals surface area contributed by atoms with Gasteiger partial charge in [-0.15, -0.1) is 0 Å². The Hall–Kier alpha value is -3.38. The Bertz CT molecular complexity index is 1420. The molecular weight excluding hydrogens is 414 g/mol. The number of halogens is 1. The van der Waals surface area contributed by atoms with Crippen LogP contribution in [0.3, 0.4) is 0 Å². The molecule has 0 unspecified atom stereocenters. The highest BCUT2D eigenvalue weighted by Crippen LogP contribution is 2.31. The molecule has 0 bridgehead atoms. The van der Waals surface area contributed by atoms with Gasteiger partial charge in [-0.05, 0) is 57.5 Å². The van der Waals surface area contributed by atoms with E-state index in [-0.39, 0.29) is 17.0 Å². The molecule has 6 nitrogen and oxygen atoms in total. The van der Waals surface area contributed by atoms with Gasteiger partial charge in [0.2, 0.25) is 5.56 Å². The lowest BCUT2D eigenvalue weighted by Crippen LogP contribution is -2.14. The van der Waals surface area contributed by atoms with Gasteiger partial charge in [-0.25, -0.2) is 4.98 Å². The first kappa shape index (κ1) is 20.9. The molecule has 1 atom stereocenters. The molecule has 3 heterocycles. The van der Waals surface area contributed by atoms with Gasteiger partial charge < -0.3 is 14.7 Å². The molecule has 3 aromatic heterocycles. The Morgan fingerprint density at radius 3 is 2.58 bits per heavy atom. The highest BCUT2D eigenvalue weighted by molar-refractivity contribution is 6.29. The fourth-order valence-electron chi connectivity index (χ4n) is 3.72. The van der Waals surface area contributed by atoms with E-state index in [1.807, 2.05) is 39.0 Å². The summed E-state index contributed by atoms with van der Waals surface area (Å²) in [5, 5.41) is 4.37. The van der Waals surface area contributed by atoms with Crippen LogP contribution in [0.2, 0.25) is 5.15 Å². The summed E-state index contributed by atoms with van der Waals surface area (Å²) in [5.74, 6) is 0.358. The summed E-state index contributed by atoms with van der Waals surface area (Å²) >= 11 is 5.97. The van der Waals surface area contributed by atoms with Gasteiger partial charge in [-0.3, -0.25) is 9.59 Å². The van der Waals surface area contributed by atoms with Crippen LogP contribution >= 0.6 is 11.6 Å². The molecule has 4 aromatic rings. The Balaban J connectivity index is 1.90. The molecule has 0 radical (unpaired) electrons. The second kappa shape index (κ2) is 8.04.